The number of rotatable bonds is 9. The Bertz CT molecular complexity index is 1290. The molecule has 208 valence electrons. The number of amides is 2. The van der Waals surface area contributed by atoms with Gasteiger partial charge in [-0.2, -0.15) is 0 Å². The van der Waals surface area contributed by atoms with E-state index in [9.17, 15) is 24.9 Å². The van der Waals surface area contributed by atoms with Crippen LogP contribution in [0.4, 0.5) is 0 Å². The van der Waals surface area contributed by atoms with Crippen LogP contribution in [0.1, 0.15) is 36.5 Å². The third-order valence-corrected chi connectivity index (χ3v) is 7.07. The van der Waals surface area contributed by atoms with Crippen molar-refractivity contribution < 1.29 is 34.4 Å². The van der Waals surface area contributed by atoms with Crippen LogP contribution in [0.3, 0.4) is 0 Å². The second-order valence-corrected chi connectivity index (χ2v) is 10.3. The van der Waals surface area contributed by atoms with Gasteiger partial charge in [-0.15, -0.1) is 0 Å². The highest BCUT2D eigenvalue weighted by atomic mass is 35.5. The Hall–Kier alpha value is -3.37. The molecule has 2 aromatic carbocycles. The maximum absolute atomic E-state index is 13.5. The summed E-state index contributed by atoms with van der Waals surface area (Å²) in [6.07, 6.45) is 0.956. The fourth-order valence-electron chi connectivity index (χ4n) is 5.07. The molecule has 1 heterocycles. The molecule has 4 unspecified atom stereocenters. The Morgan fingerprint density at radius 1 is 1.15 bits per heavy atom. The molecule has 10 heteroatoms. The average molecular weight is 557 g/mol. The lowest BCUT2D eigenvalue weighted by Crippen LogP contribution is -2.55. The third kappa shape index (κ3) is 5.96. The molecule has 1 aliphatic heterocycles. The number of ether oxygens (including phenoxy) is 2. The van der Waals surface area contributed by atoms with E-state index in [0.29, 0.717) is 27.6 Å². The summed E-state index contributed by atoms with van der Waals surface area (Å²) in [5.74, 6) is -0.758. The highest BCUT2D eigenvalue weighted by Crippen LogP contribution is 2.51. The molecule has 0 radical (unpaired) electrons. The summed E-state index contributed by atoms with van der Waals surface area (Å²) in [6, 6.07) is 9.48. The van der Waals surface area contributed by atoms with Crippen LogP contribution in [0.15, 0.2) is 59.7 Å². The molecule has 0 fully saturated rings. The maximum atomic E-state index is 13.5. The number of hydrogen-bond acceptors (Lipinski definition) is 7. The molecule has 0 saturated heterocycles. The summed E-state index contributed by atoms with van der Waals surface area (Å²) >= 11 is 6.05. The van der Waals surface area contributed by atoms with E-state index in [2.05, 4.69) is 5.32 Å². The van der Waals surface area contributed by atoms with Gasteiger partial charge in [-0.25, -0.2) is 0 Å². The predicted octanol–water partition coefficient (Wildman–Crippen LogP) is 2.46. The van der Waals surface area contributed by atoms with Crippen molar-refractivity contribution in [3.05, 3.63) is 81.4 Å². The van der Waals surface area contributed by atoms with Gasteiger partial charge in [-0.05, 0) is 55.3 Å². The average Bonchev–Trinajstić information content (AvgIpc) is 3.31. The zero-order valence-corrected chi connectivity index (χ0v) is 22.8. The van der Waals surface area contributed by atoms with Crippen molar-refractivity contribution in [3.63, 3.8) is 0 Å². The number of allylic oxidation sites excluding steroid dienone is 1. The van der Waals surface area contributed by atoms with E-state index >= 15 is 0 Å². The van der Waals surface area contributed by atoms with Crippen molar-refractivity contribution in [2.45, 2.75) is 51.2 Å². The van der Waals surface area contributed by atoms with Gasteiger partial charge in [0.15, 0.2) is 11.5 Å². The molecular formula is C29H33ClN2O7. The Balaban J connectivity index is 1.83. The number of aliphatic hydroxyl groups is 3. The predicted molar refractivity (Wildman–Crippen MR) is 145 cm³/mol. The van der Waals surface area contributed by atoms with Crippen molar-refractivity contribution in [2.24, 2.45) is 0 Å². The highest BCUT2D eigenvalue weighted by molar-refractivity contribution is 6.30. The summed E-state index contributed by atoms with van der Waals surface area (Å²) in [5, 5.41) is 34.0. The Morgan fingerprint density at radius 3 is 2.49 bits per heavy atom. The first-order chi connectivity index (χ1) is 18.7. The lowest BCUT2D eigenvalue weighted by molar-refractivity contribution is -0.133. The number of aliphatic hydroxyl groups excluding tert-OH is 3. The summed E-state index contributed by atoms with van der Waals surface area (Å²) in [5.41, 5.74) is 3.00. The van der Waals surface area contributed by atoms with Crippen molar-refractivity contribution in [1.82, 2.24) is 10.2 Å². The van der Waals surface area contributed by atoms with Crippen molar-refractivity contribution in [3.8, 4) is 11.5 Å². The highest BCUT2D eigenvalue weighted by Gasteiger charge is 2.51. The minimum atomic E-state index is -1.21. The number of methoxy groups -OCH3 is 1. The second-order valence-electron chi connectivity index (χ2n) is 9.83. The quantitative estimate of drug-likeness (QED) is 0.349. The van der Waals surface area contributed by atoms with Gasteiger partial charge < -0.3 is 35.0 Å². The zero-order valence-electron chi connectivity index (χ0n) is 22.1. The van der Waals surface area contributed by atoms with Crippen LogP contribution in [0, 0.1) is 0 Å². The molecule has 0 spiro atoms. The van der Waals surface area contributed by atoms with Crippen molar-refractivity contribution >= 4 is 23.4 Å². The van der Waals surface area contributed by atoms with E-state index in [1.165, 1.54) is 18.1 Å². The maximum Gasteiger partial charge on any atom is 0.247 e. The monoisotopic (exact) mass is 556 g/mol. The molecule has 4 atom stereocenters. The first-order valence-electron chi connectivity index (χ1n) is 12.7. The van der Waals surface area contributed by atoms with E-state index in [-0.39, 0.29) is 37.8 Å². The van der Waals surface area contributed by atoms with Gasteiger partial charge in [0.05, 0.1) is 32.3 Å². The van der Waals surface area contributed by atoms with Gasteiger partial charge in [0, 0.05) is 35.3 Å². The Labute approximate surface area is 232 Å². The zero-order chi connectivity index (χ0) is 28.3. The normalized spacial score (nSPS) is 21.2. The number of halogens is 1. The first-order valence-corrected chi connectivity index (χ1v) is 13.0. The molecule has 0 aromatic heterocycles. The van der Waals surface area contributed by atoms with Gasteiger partial charge in [0.25, 0.3) is 0 Å². The van der Waals surface area contributed by atoms with Crippen molar-refractivity contribution in [2.75, 3.05) is 20.3 Å². The molecule has 2 amide bonds. The standard InChI is InChI=1S/C29H33ClN2O7/c1-16(2)10-24(35)32(14-17-4-6-19(30)7-5-17)22-13-21(29(37)31-8-9-33)25-20-11-18(15-34)12-23(38-3)27(20)39-28(25)26(22)36/h4-7,10-13,22,25-26,28,33-34,36H,8-9,14-15H2,1-3H3,(H,31,37). The Morgan fingerprint density at radius 2 is 1.87 bits per heavy atom. The molecule has 2 aliphatic rings. The number of benzene rings is 2. The lowest BCUT2D eigenvalue weighted by Gasteiger charge is -2.40. The van der Waals surface area contributed by atoms with Gasteiger partial charge in [0.1, 0.15) is 12.2 Å². The first kappa shape index (κ1) is 28.6. The van der Waals surface area contributed by atoms with E-state index in [4.69, 9.17) is 21.1 Å². The Kier molecular flexibility index (Phi) is 8.97. The molecular weight excluding hydrogens is 524 g/mol. The third-order valence-electron chi connectivity index (χ3n) is 6.82. The minimum absolute atomic E-state index is 0.0275. The van der Waals surface area contributed by atoms with Crippen LogP contribution >= 0.6 is 11.6 Å². The minimum Gasteiger partial charge on any atom is -0.493 e. The molecule has 0 saturated carbocycles. The van der Waals surface area contributed by atoms with Crippen LogP contribution in [-0.4, -0.2) is 70.5 Å². The van der Waals surface area contributed by atoms with Crippen LogP contribution in [0.5, 0.6) is 11.5 Å². The number of carbonyl (C=O) groups is 2. The van der Waals surface area contributed by atoms with E-state index in [0.717, 1.165) is 11.1 Å². The number of hydrogen-bond donors (Lipinski definition) is 4. The summed E-state index contributed by atoms with van der Waals surface area (Å²) in [6.45, 7) is 3.27. The van der Waals surface area contributed by atoms with E-state index in [1.807, 2.05) is 0 Å². The number of nitrogens with zero attached hydrogens (tertiary/aromatic N) is 1. The largest absolute Gasteiger partial charge is 0.493 e. The van der Waals surface area contributed by atoms with Crippen LogP contribution in [0.25, 0.3) is 0 Å². The van der Waals surface area contributed by atoms with Crippen molar-refractivity contribution in [1.29, 1.82) is 0 Å². The molecule has 2 aromatic rings. The van der Waals surface area contributed by atoms with Gasteiger partial charge in [-0.3, -0.25) is 9.59 Å². The number of nitrogens with one attached hydrogen (secondary N) is 1. The summed E-state index contributed by atoms with van der Waals surface area (Å²) in [7, 11) is 1.47. The van der Waals surface area contributed by atoms with Crippen LogP contribution in [0.2, 0.25) is 5.02 Å². The lowest BCUT2D eigenvalue weighted by atomic mass is 9.77. The number of fused-ring (bicyclic) bond motifs is 3. The molecule has 4 N–H and O–H groups in total. The smallest absolute Gasteiger partial charge is 0.247 e. The van der Waals surface area contributed by atoms with Crippen LogP contribution in [-0.2, 0) is 22.7 Å². The van der Waals surface area contributed by atoms with Gasteiger partial charge in [0.2, 0.25) is 11.8 Å². The molecule has 39 heavy (non-hydrogen) atoms. The van der Waals surface area contributed by atoms with Gasteiger partial charge >= 0.3 is 0 Å². The van der Waals surface area contributed by atoms with Crippen LogP contribution < -0.4 is 14.8 Å². The van der Waals surface area contributed by atoms with E-state index in [1.54, 1.807) is 56.3 Å². The van der Waals surface area contributed by atoms with E-state index < -0.39 is 30.1 Å². The second kappa shape index (κ2) is 12.2. The molecule has 0 bridgehead atoms. The fourth-order valence-corrected chi connectivity index (χ4v) is 5.19. The molecule has 1 aliphatic carbocycles. The fraction of sp³-hybridized carbons (Fsp3) is 0.379. The molecule has 4 rings (SSSR count). The topological polar surface area (TPSA) is 129 Å². The SMILES string of the molecule is COc1cc(CO)cc2c1OC1C2C(C(=O)NCCO)=CC(N(Cc2ccc(Cl)cc2)C(=O)C=C(C)C)C1O. The summed E-state index contributed by atoms with van der Waals surface area (Å²) < 4.78 is 11.7. The summed E-state index contributed by atoms with van der Waals surface area (Å²) in [4.78, 5) is 28.4. The van der Waals surface area contributed by atoms with Gasteiger partial charge in [-0.1, -0.05) is 29.3 Å². The number of carbonyl (C=O) groups excluding carboxylic acids is 2. The molecule has 9 nitrogen and oxygen atoms in total.